The van der Waals surface area contributed by atoms with E-state index in [0.717, 1.165) is 25.1 Å². The molecule has 4 rings (SSSR count). The molecule has 3 aromatic carbocycles. The molecule has 34 heavy (non-hydrogen) atoms. The van der Waals surface area contributed by atoms with Crippen molar-refractivity contribution in [3.05, 3.63) is 95.3 Å². The van der Waals surface area contributed by atoms with Crippen molar-refractivity contribution >= 4 is 29.1 Å². The van der Waals surface area contributed by atoms with Gasteiger partial charge in [-0.2, -0.15) is 0 Å². The highest BCUT2D eigenvalue weighted by Gasteiger charge is 2.25. The number of amides is 3. The van der Waals surface area contributed by atoms with Crippen molar-refractivity contribution in [3.8, 4) is 0 Å². The van der Waals surface area contributed by atoms with Gasteiger partial charge in [-0.1, -0.05) is 48.0 Å². The number of rotatable bonds is 6. The van der Waals surface area contributed by atoms with Crippen molar-refractivity contribution in [2.45, 2.75) is 19.4 Å². The first-order chi connectivity index (χ1) is 16.4. The molecule has 8 heteroatoms. The third-order valence-corrected chi connectivity index (χ3v) is 5.65. The molecular formula is C26H26FN5O2. The quantitative estimate of drug-likeness (QED) is 0.319. The van der Waals surface area contributed by atoms with Crippen molar-refractivity contribution in [1.29, 1.82) is 5.41 Å². The van der Waals surface area contributed by atoms with Gasteiger partial charge in [0.2, 0.25) is 0 Å². The van der Waals surface area contributed by atoms with Crippen LogP contribution in [0, 0.1) is 18.2 Å². The number of halogens is 1. The number of anilines is 2. The molecule has 0 spiro atoms. The summed E-state index contributed by atoms with van der Waals surface area (Å²) in [7, 11) is 0. The highest BCUT2D eigenvalue weighted by atomic mass is 19.1. The second kappa shape index (κ2) is 10.2. The third kappa shape index (κ3) is 5.40. The van der Waals surface area contributed by atoms with Crippen LogP contribution in [0.5, 0.6) is 0 Å². The summed E-state index contributed by atoms with van der Waals surface area (Å²) in [4.78, 5) is 27.6. The van der Waals surface area contributed by atoms with Crippen LogP contribution in [0.15, 0.2) is 72.8 Å². The van der Waals surface area contributed by atoms with Crippen LogP contribution >= 0.6 is 0 Å². The lowest BCUT2D eigenvalue weighted by molar-refractivity contribution is -0.118. The van der Waals surface area contributed by atoms with Gasteiger partial charge in [0.15, 0.2) is 0 Å². The molecule has 4 N–H and O–H groups in total. The molecule has 1 aliphatic rings. The Balaban J connectivity index is 1.49. The van der Waals surface area contributed by atoms with Gasteiger partial charge in [-0.3, -0.25) is 10.2 Å². The molecule has 0 saturated carbocycles. The van der Waals surface area contributed by atoms with Gasteiger partial charge in [0.25, 0.3) is 5.91 Å². The van der Waals surface area contributed by atoms with Gasteiger partial charge in [0.05, 0.1) is 5.69 Å². The SMILES string of the molecule is Cc1ccc(NC(=O)NC(C(=O)Nc2ccc(C(=N)N3CCC3)cc2F)c2ccccc2)cc1. The van der Waals surface area contributed by atoms with Crippen LogP contribution in [-0.2, 0) is 4.79 Å². The fraction of sp³-hybridized carbons (Fsp3) is 0.192. The first kappa shape index (κ1) is 23.0. The number of urea groups is 1. The molecule has 174 valence electrons. The van der Waals surface area contributed by atoms with E-state index in [1.807, 2.05) is 24.0 Å². The molecule has 1 atom stereocenters. The van der Waals surface area contributed by atoms with E-state index in [4.69, 9.17) is 5.41 Å². The van der Waals surface area contributed by atoms with E-state index < -0.39 is 23.8 Å². The molecule has 0 aromatic heterocycles. The Morgan fingerprint density at radius 1 is 0.971 bits per heavy atom. The van der Waals surface area contributed by atoms with Crippen LogP contribution in [0.2, 0.25) is 0 Å². The maximum Gasteiger partial charge on any atom is 0.320 e. The van der Waals surface area contributed by atoms with Gasteiger partial charge < -0.3 is 20.9 Å². The zero-order chi connectivity index (χ0) is 24.1. The number of carbonyl (C=O) groups excluding carboxylic acids is 2. The van der Waals surface area contributed by atoms with Crippen molar-refractivity contribution in [2.24, 2.45) is 0 Å². The average molecular weight is 460 g/mol. The van der Waals surface area contributed by atoms with Gasteiger partial charge in [0.1, 0.15) is 17.7 Å². The Morgan fingerprint density at radius 2 is 1.68 bits per heavy atom. The number of hydrogen-bond acceptors (Lipinski definition) is 3. The molecule has 1 saturated heterocycles. The maximum atomic E-state index is 14.8. The number of hydrogen-bond donors (Lipinski definition) is 4. The second-order valence-electron chi connectivity index (χ2n) is 8.18. The summed E-state index contributed by atoms with van der Waals surface area (Å²) in [5.41, 5.74) is 2.62. The van der Waals surface area contributed by atoms with Gasteiger partial charge in [-0.05, 0) is 49.2 Å². The number of amidine groups is 1. The van der Waals surface area contributed by atoms with Crippen LogP contribution < -0.4 is 16.0 Å². The van der Waals surface area contributed by atoms with E-state index in [-0.39, 0.29) is 11.5 Å². The first-order valence-electron chi connectivity index (χ1n) is 11.0. The Labute approximate surface area is 197 Å². The predicted molar refractivity (Wildman–Crippen MR) is 131 cm³/mol. The fourth-order valence-electron chi connectivity index (χ4n) is 3.57. The van der Waals surface area contributed by atoms with Crippen LogP contribution in [0.4, 0.5) is 20.6 Å². The predicted octanol–water partition coefficient (Wildman–Crippen LogP) is 4.67. The number of nitrogens with one attached hydrogen (secondary N) is 4. The van der Waals surface area contributed by atoms with Gasteiger partial charge in [-0.15, -0.1) is 0 Å². The van der Waals surface area contributed by atoms with Crippen molar-refractivity contribution in [1.82, 2.24) is 10.2 Å². The lowest BCUT2D eigenvalue weighted by Crippen LogP contribution is -2.42. The van der Waals surface area contributed by atoms with Gasteiger partial charge >= 0.3 is 6.03 Å². The fourth-order valence-corrected chi connectivity index (χ4v) is 3.57. The molecule has 3 amide bonds. The molecule has 1 heterocycles. The molecule has 0 aliphatic carbocycles. The number of aryl methyl sites for hydroxylation is 1. The first-order valence-corrected chi connectivity index (χ1v) is 11.0. The third-order valence-electron chi connectivity index (χ3n) is 5.65. The van der Waals surface area contributed by atoms with Gasteiger partial charge in [0, 0.05) is 24.3 Å². The molecule has 7 nitrogen and oxygen atoms in total. The minimum absolute atomic E-state index is 0.0215. The standard InChI is InChI=1S/C26H26FN5O2/c1-17-8-11-20(12-9-17)29-26(34)31-23(18-6-3-2-4-7-18)25(33)30-22-13-10-19(16-21(22)27)24(28)32-14-5-15-32/h2-4,6-13,16,23,28H,5,14-15H2,1H3,(H,30,33)(H2,29,31,34). The zero-order valence-corrected chi connectivity index (χ0v) is 18.8. The summed E-state index contributed by atoms with van der Waals surface area (Å²) in [5, 5.41) is 16.1. The average Bonchev–Trinajstić information content (AvgIpc) is 2.79. The van der Waals surface area contributed by atoms with Crippen molar-refractivity contribution in [2.75, 3.05) is 23.7 Å². The normalized spacial score (nSPS) is 13.4. The smallest absolute Gasteiger partial charge is 0.320 e. The summed E-state index contributed by atoms with van der Waals surface area (Å²) >= 11 is 0. The lowest BCUT2D eigenvalue weighted by atomic mass is 10.1. The molecule has 1 fully saturated rings. The Bertz CT molecular complexity index is 1190. The largest absolute Gasteiger partial charge is 0.356 e. The minimum atomic E-state index is -1.05. The lowest BCUT2D eigenvalue weighted by Gasteiger charge is -2.33. The van der Waals surface area contributed by atoms with E-state index >= 15 is 0 Å². The molecule has 3 aromatic rings. The highest BCUT2D eigenvalue weighted by molar-refractivity contribution is 6.01. The molecule has 1 unspecified atom stereocenters. The second-order valence-corrected chi connectivity index (χ2v) is 8.18. The molecular weight excluding hydrogens is 433 g/mol. The topological polar surface area (TPSA) is 97.3 Å². The van der Waals surface area contributed by atoms with E-state index in [2.05, 4.69) is 16.0 Å². The maximum absolute atomic E-state index is 14.8. The van der Waals surface area contributed by atoms with E-state index in [1.54, 1.807) is 48.5 Å². The van der Waals surface area contributed by atoms with E-state index in [9.17, 15) is 14.0 Å². The summed E-state index contributed by atoms with van der Waals surface area (Å²) in [6.07, 6.45) is 1.02. The van der Waals surface area contributed by atoms with Gasteiger partial charge in [-0.25, -0.2) is 9.18 Å². The Kier molecular flexibility index (Phi) is 6.87. The number of nitrogens with zero attached hydrogens (tertiary/aromatic N) is 1. The van der Waals surface area contributed by atoms with Crippen LogP contribution in [0.1, 0.15) is 29.2 Å². The Hall–Kier alpha value is -4.20. The zero-order valence-electron chi connectivity index (χ0n) is 18.8. The minimum Gasteiger partial charge on any atom is -0.356 e. The summed E-state index contributed by atoms with van der Waals surface area (Å²) < 4.78 is 14.8. The number of likely N-dealkylation sites (tertiary alicyclic amines) is 1. The highest BCUT2D eigenvalue weighted by Crippen LogP contribution is 2.22. The molecule has 0 bridgehead atoms. The Morgan fingerprint density at radius 3 is 2.29 bits per heavy atom. The summed E-state index contributed by atoms with van der Waals surface area (Å²) in [6.45, 7) is 3.52. The molecule has 0 radical (unpaired) electrons. The van der Waals surface area contributed by atoms with Crippen LogP contribution in [0.3, 0.4) is 0 Å². The van der Waals surface area contributed by atoms with E-state index in [1.165, 1.54) is 12.1 Å². The van der Waals surface area contributed by atoms with Crippen LogP contribution in [-0.4, -0.2) is 35.8 Å². The van der Waals surface area contributed by atoms with Crippen molar-refractivity contribution < 1.29 is 14.0 Å². The number of benzene rings is 3. The van der Waals surface area contributed by atoms with E-state index in [0.29, 0.717) is 16.8 Å². The van der Waals surface area contributed by atoms with Crippen molar-refractivity contribution in [3.63, 3.8) is 0 Å². The number of carbonyl (C=O) groups is 2. The summed E-state index contributed by atoms with van der Waals surface area (Å²) in [6, 6.07) is 18.7. The monoisotopic (exact) mass is 459 g/mol. The summed E-state index contributed by atoms with van der Waals surface area (Å²) in [5.74, 6) is -0.971. The molecule has 1 aliphatic heterocycles. The van der Waals surface area contributed by atoms with Crippen LogP contribution in [0.25, 0.3) is 0 Å².